The van der Waals surface area contributed by atoms with Crippen LogP contribution in [0.25, 0.3) is 0 Å². The van der Waals surface area contributed by atoms with Crippen molar-refractivity contribution in [2.45, 2.75) is 56.2 Å². The van der Waals surface area contributed by atoms with Crippen molar-refractivity contribution < 1.29 is 23.7 Å². The van der Waals surface area contributed by atoms with Crippen LogP contribution in [0, 0.1) is 0 Å². The van der Waals surface area contributed by atoms with Crippen LogP contribution in [-0.2, 0) is 23.7 Å². The van der Waals surface area contributed by atoms with Crippen LogP contribution in [0.3, 0.4) is 0 Å². The highest BCUT2D eigenvalue weighted by molar-refractivity contribution is 5.57. The highest BCUT2D eigenvalue weighted by Gasteiger charge is 2.49. The first-order chi connectivity index (χ1) is 9.24. The lowest BCUT2D eigenvalue weighted by Crippen LogP contribution is -2.39. The topological polar surface area (TPSA) is 54.0 Å². The van der Waals surface area contributed by atoms with Gasteiger partial charge in [0.05, 0.1) is 0 Å². The maximum Gasteiger partial charge on any atom is 0.169 e. The molecule has 3 atom stereocenters. The van der Waals surface area contributed by atoms with Gasteiger partial charge in [-0.15, -0.1) is 6.58 Å². The second-order valence-corrected chi connectivity index (χ2v) is 5.05. The SMILES string of the molecule is C=C[C@@H]1OC2(CCCCC2)O[C@@H]1[C@@H](C=O)OCOC. The minimum Gasteiger partial charge on any atom is -0.359 e. The minimum absolute atomic E-state index is 0.0557. The van der Waals surface area contributed by atoms with Gasteiger partial charge in [0, 0.05) is 20.0 Å². The number of carbonyl (C=O) groups is 1. The van der Waals surface area contributed by atoms with Crippen molar-refractivity contribution in [2.24, 2.45) is 0 Å². The monoisotopic (exact) mass is 270 g/mol. The number of carbonyl (C=O) groups excluding carboxylic acids is 1. The molecular weight excluding hydrogens is 248 g/mol. The zero-order chi connectivity index (χ0) is 13.7. The molecule has 5 heteroatoms. The molecule has 2 aliphatic rings. The molecule has 19 heavy (non-hydrogen) atoms. The Kier molecular flexibility index (Phi) is 5.10. The van der Waals surface area contributed by atoms with E-state index in [1.165, 1.54) is 13.5 Å². The lowest BCUT2D eigenvalue weighted by Gasteiger charge is -2.32. The Balaban J connectivity index is 2.05. The molecular formula is C14H22O5. The molecule has 0 unspecified atom stereocenters. The van der Waals surface area contributed by atoms with Gasteiger partial charge in [-0.2, -0.15) is 0 Å². The van der Waals surface area contributed by atoms with E-state index in [-0.39, 0.29) is 12.9 Å². The van der Waals surface area contributed by atoms with Crippen molar-refractivity contribution >= 4 is 6.29 Å². The van der Waals surface area contributed by atoms with Crippen molar-refractivity contribution in [1.29, 1.82) is 0 Å². The van der Waals surface area contributed by atoms with Crippen molar-refractivity contribution in [3.63, 3.8) is 0 Å². The number of aldehydes is 1. The predicted octanol–water partition coefficient (Wildman–Crippen LogP) is 1.80. The van der Waals surface area contributed by atoms with Crippen LogP contribution in [0.15, 0.2) is 12.7 Å². The summed E-state index contributed by atoms with van der Waals surface area (Å²) in [5.74, 6) is -0.556. The molecule has 2 fully saturated rings. The molecule has 0 bridgehead atoms. The fraction of sp³-hybridized carbons (Fsp3) is 0.786. The molecule has 1 saturated carbocycles. The fourth-order valence-corrected chi connectivity index (χ4v) is 2.78. The van der Waals surface area contributed by atoms with Crippen molar-refractivity contribution in [3.05, 3.63) is 12.7 Å². The number of methoxy groups -OCH3 is 1. The first-order valence-electron chi connectivity index (χ1n) is 6.79. The van der Waals surface area contributed by atoms with E-state index in [0.717, 1.165) is 32.0 Å². The molecule has 0 radical (unpaired) electrons. The molecule has 1 aliphatic heterocycles. The minimum atomic E-state index is -0.691. The average Bonchev–Trinajstić information content (AvgIpc) is 2.79. The summed E-state index contributed by atoms with van der Waals surface area (Å²) in [6.45, 7) is 3.82. The summed E-state index contributed by atoms with van der Waals surface area (Å²) >= 11 is 0. The number of ether oxygens (including phenoxy) is 4. The summed E-state index contributed by atoms with van der Waals surface area (Å²) in [6.07, 6.45) is 6.08. The Morgan fingerprint density at radius 2 is 2.11 bits per heavy atom. The van der Waals surface area contributed by atoms with Crippen LogP contribution in [0.2, 0.25) is 0 Å². The number of rotatable bonds is 6. The van der Waals surface area contributed by atoms with Gasteiger partial charge in [-0.3, -0.25) is 0 Å². The Labute approximate surface area is 113 Å². The first-order valence-corrected chi connectivity index (χ1v) is 6.79. The van der Waals surface area contributed by atoms with Crippen molar-refractivity contribution in [3.8, 4) is 0 Å². The van der Waals surface area contributed by atoms with E-state index in [1.807, 2.05) is 0 Å². The maximum absolute atomic E-state index is 11.2. The third kappa shape index (κ3) is 3.23. The van der Waals surface area contributed by atoms with Crippen LogP contribution in [0.1, 0.15) is 32.1 Å². The van der Waals surface area contributed by atoms with Gasteiger partial charge in [-0.25, -0.2) is 0 Å². The third-order valence-corrected chi connectivity index (χ3v) is 3.71. The number of hydrogen-bond donors (Lipinski definition) is 0. The second kappa shape index (κ2) is 6.61. The molecule has 0 aromatic carbocycles. The zero-order valence-electron chi connectivity index (χ0n) is 11.4. The van der Waals surface area contributed by atoms with Gasteiger partial charge < -0.3 is 23.7 Å². The van der Waals surface area contributed by atoms with Crippen LogP contribution in [0.4, 0.5) is 0 Å². The molecule has 1 saturated heterocycles. The quantitative estimate of drug-likeness (QED) is 0.418. The highest BCUT2D eigenvalue weighted by Crippen LogP contribution is 2.41. The molecule has 5 nitrogen and oxygen atoms in total. The van der Waals surface area contributed by atoms with Crippen LogP contribution in [-0.4, -0.2) is 44.3 Å². The van der Waals surface area contributed by atoms with E-state index in [2.05, 4.69) is 6.58 Å². The molecule has 1 spiro atoms. The van der Waals surface area contributed by atoms with Gasteiger partial charge in [-0.1, -0.05) is 12.5 Å². The Morgan fingerprint density at radius 1 is 1.37 bits per heavy atom. The second-order valence-electron chi connectivity index (χ2n) is 5.05. The summed E-state index contributed by atoms with van der Waals surface area (Å²) in [4.78, 5) is 11.2. The molecule has 0 N–H and O–H groups in total. The van der Waals surface area contributed by atoms with Gasteiger partial charge in [0.15, 0.2) is 12.1 Å². The van der Waals surface area contributed by atoms with Gasteiger partial charge in [0.2, 0.25) is 0 Å². The highest BCUT2D eigenvalue weighted by atomic mass is 16.8. The average molecular weight is 270 g/mol. The van der Waals surface area contributed by atoms with E-state index in [9.17, 15) is 4.79 Å². The van der Waals surface area contributed by atoms with Crippen molar-refractivity contribution in [1.82, 2.24) is 0 Å². The number of hydrogen-bond acceptors (Lipinski definition) is 5. The smallest absolute Gasteiger partial charge is 0.169 e. The Hall–Kier alpha value is -0.750. The molecule has 0 amide bonds. The molecule has 0 aromatic heterocycles. The fourth-order valence-electron chi connectivity index (χ4n) is 2.78. The largest absolute Gasteiger partial charge is 0.359 e. The predicted molar refractivity (Wildman–Crippen MR) is 68.6 cm³/mol. The summed E-state index contributed by atoms with van der Waals surface area (Å²) in [5.41, 5.74) is 0. The lowest BCUT2D eigenvalue weighted by atomic mass is 9.94. The van der Waals surface area contributed by atoms with Crippen molar-refractivity contribution in [2.75, 3.05) is 13.9 Å². The van der Waals surface area contributed by atoms with Crippen LogP contribution < -0.4 is 0 Å². The van der Waals surface area contributed by atoms with E-state index in [0.29, 0.717) is 0 Å². The molecule has 2 rings (SSSR count). The molecule has 1 aliphatic carbocycles. The van der Waals surface area contributed by atoms with E-state index < -0.39 is 18.0 Å². The molecule has 108 valence electrons. The Bertz CT molecular complexity index is 301. The van der Waals surface area contributed by atoms with E-state index in [1.54, 1.807) is 6.08 Å². The van der Waals surface area contributed by atoms with Gasteiger partial charge in [0.1, 0.15) is 25.1 Å². The van der Waals surface area contributed by atoms with Crippen LogP contribution >= 0.6 is 0 Å². The van der Waals surface area contributed by atoms with Gasteiger partial charge in [0.25, 0.3) is 0 Å². The van der Waals surface area contributed by atoms with E-state index >= 15 is 0 Å². The first kappa shape index (κ1) is 14.7. The van der Waals surface area contributed by atoms with Crippen LogP contribution in [0.5, 0.6) is 0 Å². The van der Waals surface area contributed by atoms with E-state index in [4.69, 9.17) is 18.9 Å². The molecule has 1 heterocycles. The standard InChI is InChI=1S/C14H22O5/c1-3-11-13(12(9-15)17-10-16-2)19-14(18-11)7-5-4-6-8-14/h3,9,11-13H,1,4-8,10H2,2H3/t11-,12+,13-/m0/s1. The summed E-state index contributed by atoms with van der Waals surface area (Å²) in [6, 6.07) is 0. The molecule has 0 aromatic rings. The summed E-state index contributed by atoms with van der Waals surface area (Å²) in [5, 5.41) is 0. The summed E-state index contributed by atoms with van der Waals surface area (Å²) in [7, 11) is 1.52. The normalized spacial score (nSPS) is 31.2. The Morgan fingerprint density at radius 3 is 2.68 bits per heavy atom. The lowest BCUT2D eigenvalue weighted by molar-refractivity contribution is -0.204. The third-order valence-electron chi connectivity index (χ3n) is 3.71. The van der Waals surface area contributed by atoms with Gasteiger partial charge in [-0.05, 0) is 12.8 Å². The van der Waals surface area contributed by atoms with Gasteiger partial charge >= 0.3 is 0 Å². The zero-order valence-corrected chi connectivity index (χ0v) is 11.4. The maximum atomic E-state index is 11.2. The summed E-state index contributed by atoms with van der Waals surface area (Å²) < 4.78 is 22.2.